The lowest BCUT2D eigenvalue weighted by molar-refractivity contribution is 0.0540. The molecule has 2 atom stereocenters. The first-order valence-electron chi connectivity index (χ1n) is 11.2. The van der Waals surface area contributed by atoms with Crippen LogP contribution < -0.4 is 5.32 Å². The van der Waals surface area contributed by atoms with Gasteiger partial charge in [0.25, 0.3) is 11.9 Å². The zero-order chi connectivity index (χ0) is 23.7. The van der Waals surface area contributed by atoms with Crippen molar-refractivity contribution in [3.8, 4) is 11.4 Å². The van der Waals surface area contributed by atoms with Gasteiger partial charge in [-0.1, -0.05) is 6.92 Å². The van der Waals surface area contributed by atoms with Crippen molar-refractivity contribution >= 4 is 23.0 Å². The number of rotatable bonds is 5. The fraction of sp³-hybridized carbons (Fsp3) is 0.280. The fourth-order valence-corrected chi connectivity index (χ4v) is 4.46. The average molecular weight is 463 g/mol. The molecule has 0 spiro atoms. The molecule has 2 aromatic heterocycles. The van der Waals surface area contributed by atoms with Crippen molar-refractivity contribution in [2.24, 2.45) is 5.92 Å². The number of halogens is 2. The van der Waals surface area contributed by atoms with E-state index in [1.807, 2.05) is 4.90 Å². The van der Waals surface area contributed by atoms with Crippen LogP contribution in [-0.2, 0) is 0 Å². The molecule has 1 amide bonds. The summed E-state index contributed by atoms with van der Waals surface area (Å²) < 4.78 is 33.2. The van der Waals surface area contributed by atoms with E-state index in [9.17, 15) is 13.6 Å². The van der Waals surface area contributed by atoms with Crippen molar-refractivity contribution in [2.75, 3.05) is 18.4 Å². The molecule has 1 saturated heterocycles. The van der Waals surface area contributed by atoms with Gasteiger partial charge in [-0.05, 0) is 55.2 Å². The number of oxazole rings is 1. The molecule has 1 fully saturated rings. The lowest BCUT2D eigenvalue weighted by Gasteiger charge is -2.40. The number of amides is 1. The highest BCUT2D eigenvalue weighted by atomic mass is 19.1. The predicted octanol–water partition coefficient (Wildman–Crippen LogP) is 4.92. The Kier molecular flexibility index (Phi) is 5.91. The number of nitrogens with one attached hydrogen (secondary N) is 1. The monoisotopic (exact) mass is 463 g/mol. The highest BCUT2D eigenvalue weighted by Crippen LogP contribution is 2.29. The van der Waals surface area contributed by atoms with E-state index in [-0.39, 0.29) is 29.7 Å². The van der Waals surface area contributed by atoms with Gasteiger partial charge in [0, 0.05) is 37.1 Å². The number of anilines is 1. The number of carbonyl (C=O) groups is 1. The highest BCUT2D eigenvalue weighted by molar-refractivity contribution is 6.00. The maximum Gasteiger partial charge on any atom is 0.295 e. The van der Waals surface area contributed by atoms with Gasteiger partial charge in [-0.25, -0.2) is 18.7 Å². The van der Waals surface area contributed by atoms with E-state index < -0.39 is 5.82 Å². The number of hydrogen-bond acceptors (Lipinski definition) is 6. The van der Waals surface area contributed by atoms with E-state index in [1.54, 1.807) is 18.5 Å². The van der Waals surface area contributed by atoms with Crippen LogP contribution in [0.1, 0.15) is 30.1 Å². The lowest BCUT2D eigenvalue weighted by Crippen LogP contribution is -2.51. The van der Waals surface area contributed by atoms with E-state index in [2.05, 4.69) is 27.2 Å². The third-order valence-corrected chi connectivity index (χ3v) is 6.21. The van der Waals surface area contributed by atoms with Gasteiger partial charge in [0.2, 0.25) is 0 Å². The topological polar surface area (TPSA) is 84.2 Å². The normalized spacial score (nSPS) is 18.3. The van der Waals surface area contributed by atoms with Crippen molar-refractivity contribution in [3.63, 3.8) is 0 Å². The maximum atomic E-state index is 14.1. The number of aromatic nitrogens is 3. The molecule has 5 rings (SSSR count). The van der Waals surface area contributed by atoms with Crippen molar-refractivity contribution in [1.29, 1.82) is 0 Å². The summed E-state index contributed by atoms with van der Waals surface area (Å²) in [6, 6.07) is 10.00. The molecule has 0 saturated carbocycles. The smallest absolute Gasteiger partial charge is 0.295 e. The zero-order valence-electron chi connectivity index (χ0n) is 18.5. The van der Waals surface area contributed by atoms with Crippen LogP contribution in [0.15, 0.2) is 59.3 Å². The summed E-state index contributed by atoms with van der Waals surface area (Å²) in [5, 5.41) is 3.17. The molecule has 174 valence electrons. The van der Waals surface area contributed by atoms with E-state index >= 15 is 0 Å². The van der Waals surface area contributed by atoms with Gasteiger partial charge in [0.15, 0.2) is 11.4 Å². The van der Waals surface area contributed by atoms with Gasteiger partial charge in [-0.15, -0.1) is 0 Å². The van der Waals surface area contributed by atoms with Gasteiger partial charge in [-0.2, -0.15) is 4.98 Å². The quantitative estimate of drug-likeness (QED) is 0.453. The average Bonchev–Trinajstić information content (AvgIpc) is 3.25. The van der Waals surface area contributed by atoms with Crippen molar-refractivity contribution in [1.82, 2.24) is 19.9 Å². The van der Waals surface area contributed by atoms with Crippen LogP contribution >= 0.6 is 0 Å². The zero-order valence-corrected chi connectivity index (χ0v) is 18.5. The Bertz CT molecular complexity index is 1330. The maximum absolute atomic E-state index is 14.1. The Morgan fingerprint density at radius 2 is 1.91 bits per heavy atom. The summed E-state index contributed by atoms with van der Waals surface area (Å²) in [7, 11) is 0. The Balaban J connectivity index is 1.41. The van der Waals surface area contributed by atoms with E-state index in [4.69, 9.17) is 4.42 Å². The largest absolute Gasteiger partial charge is 0.424 e. The molecule has 1 N–H and O–H groups in total. The van der Waals surface area contributed by atoms with Crippen molar-refractivity contribution < 1.29 is 18.0 Å². The van der Waals surface area contributed by atoms with Crippen LogP contribution in [-0.4, -0.2) is 44.9 Å². The third-order valence-electron chi connectivity index (χ3n) is 6.21. The second-order valence-corrected chi connectivity index (χ2v) is 8.46. The summed E-state index contributed by atoms with van der Waals surface area (Å²) in [6.07, 6.45) is 4.95. The van der Waals surface area contributed by atoms with Crippen LogP contribution in [0.2, 0.25) is 0 Å². The Hall–Kier alpha value is -3.88. The van der Waals surface area contributed by atoms with Crippen LogP contribution in [0, 0.1) is 17.6 Å². The molecule has 7 nitrogen and oxygen atoms in total. The minimum Gasteiger partial charge on any atom is -0.424 e. The first-order chi connectivity index (χ1) is 16.5. The van der Waals surface area contributed by atoms with Gasteiger partial charge >= 0.3 is 0 Å². The number of fused-ring (bicyclic) bond motifs is 1. The Labute approximate surface area is 194 Å². The molecule has 9 heteroatoms. The van der Waals surface area contributed by atoms with Gasteiger partial charge in [0.1, 0.15) is 17.2 Å². The molecule has 3 heterocycles. The molecular weight excluding hydrogens is 440 g/mol. The number of piperidine rings is 1. The molecule has 1 aliphatic heterocycles. The summed E-state index contributed by atoms with van der Waals surface area (Å²) in [5.74, 6) is -0.549. The van der Waals surface area contributed by atoms with E-state index in [0.29, 0.717) is 41.1 Å². The SMILES string of the molecule is CC1CCCN(C(=O)c2ccc(F)cc2-c2ncccn2)C1CNc1nc2cc(F)ccc2o1. The minimum absolute atomic E-state index is 0.150. The van der Waals surface area contributed by atoms with Crippen molar-refractivity contribution in [2.45, 2.75) is 25.8 Å². The standard InChI is InChI=1S/C25H23F2N5O2/c1-15-4-2-11-32(21(15)14-30-25-31-20-13-17(27)6-8-22(20)34-25)24(33)18-7-5-16(26)12-19(18)23-28-9-3-10-29-23/h3,5-10,12-13,15,21H,2,4,11,14H2,1H3,(H,30,31). The molecule has 0 bridgehead atoms. The first kappa shape index (κ1) is 21.9. The molecule has 34 heavy (non-hydrogen) atoms. The number of carbonyl (C=O) groups excluding carboxylic acids is 1. The van der Waals surface area contributed by atoms with Crippen molar-refractivity contribution in [3.05, 3.63) is 72.1 Å². The summed E-state index contributed by atoms with van der Waals surface area (Å²) in [5.41, 5.74) is 1.61. The lowest BCUT2D eigenvalue weighted by atomic mass is 9.89. The summed E-state index contributed by atoms with van der Waals surface area (Å²) in [4.78, 5) is 28.2. The van der Waals surface area contributed by atoms with Gasteiger partial charge < -0.3 is 14.6 Å². The predicted molar refractivity (Wildman–Crippen MR) is 123 cm³/mol. The highest BCUT2D eigenvalue weighted by Gasteiger charge is 2.33. The third kappa shape index (κ3) is 4.33. The molecule has 2 unspecified atom stereocenters. The molecular formula is C25H23F2N5O2. The molecule has 2 aromatic carbocycles. The van der Waals surface area contributed by atoms with Crippen LogP contribution in [0.3, 0.4) is 0 Å². The first-order valence-corrected chi connectivity index (χ1v) is 11.2. The van der Waals surface area contributed by atoms with Gasteiger partial charge in [0.05, 0.1) is 11.6 Å². The fourth-order valence-electron chi connectivity index (χ4n) is 4.46. The van der Waals surface area contributed by atoms with Crippen LogP contribution in [0.5, 0.6) is 0 Å². The number of nitrogens with zero attached hydrogens (tertiary/aromatic N) is 4. The number of hydrogen-bond donors (Lipinski definition) is 1. The van der Waals surface area contributed by atoms with Crippen LogP contribution in [0.25, 0.3) is 22.5 Å². The number of benzene rings is 2. The molecule has 0 radical (unpaired) electrons. The minimum atomic E-state index is -0.461. The molecule has 4 aromatic rings. The Morgan fingerprint density at radius 3 is 2.74 bits per heavy atom. The summed E-state index contributed by atoms with van der Waals surface area (Å²) in [6.45, 7) is 3.07. The molecule has 1 aliphatic rings. The second-order valence-electron chi connectivity index (χ2n) is 8.46. The Morgan fingerprint density at radius 1 is 1.15 bits per heavy atom. The van der Waals surface area contributed by atoms with Gasteiger partial charge in [-0.3, -0.25) is 4.79 Å². The van der Waals surface area contributed by atoms with E-state index in [0.717, 1.165) is 12.8 Å². The summed E-state index contributed by atoms with van der Waals surface area (Å²) >= 11 is 0. The van der Waals surface area contributed by atoms with Crippen LogP contribution in [0.4, 0.5) is 14.8 Å². The second kappa shape index (κ2) is 9.17. The molecule has 0 aliphatic carbocycles. The number of likely N-dealkylation sites (tertiary alicyclic amines) is 1. The van der Waals surface area contributed by atoms with E-state index in [1.165, 1.54) is 36.4 Å².